The summed E-state index contributed by atoms with van der Waals surface area (Å²) in [5.41, 5.74) is 0.308. The van der Waals surface area contributed by atoms with E-state index in [1.165, 1.54) is 12.1 Å². The van der Waals surface area contributed by atoms with Crippen molar-refractivity contribution in [3.8, 4) is 0 Å². The van der Waals surface area contributed by atoms with E-state index in [1.807, 2.05) is 0 Å². The van der Waals surface area contributed by atoms with Crippen molar-refractivity contribution in [2.45, 2.75) is 17.7 Å². The smallest absolute Gasteiger partial charge is 0.331 e. The normalized spacial score (nSPS) is 20.6. The van der Waals surface area contributed by atoms with Crippen LogP contribution in [0.5, 0.6) is 0 Å². The van der Waals surface area contributed by atoms with Gasteiger partial charge < -0.3 is 10.0 Å². The predicted molar refractivity (Wildman–Crippen MR) is 74.7 cm³/mol. The molecule has 1 aliphatic heterocycles. The van der Waals surface area contributed by atoms with Gasteiger partial charge in [-0.05, 0) is 17.7 Å². The summed E-state index contributed by atoms with van der Waals surface area (Å²) in [6, 6.07) is 4.96. The highest BCUT2D eigenvalue weighted by Gasteiger charge is 2.43. The Kier molecular flexibility index (Phi) is 4.33. The van der Waals surface area contributed by atoms with Crippen LogP contribution in [0, 0.1) is 0 Å². The Labute approximate surface area is 128 Å². The summed E-state index contributed by atoms with van der Waals surface area (Å²) in [4.78, 5) is 24.2. The Balaban J connectivity index is 2.36. The molecule has 0 aliphatic carbocycles. The van der Waals surface area contributed by atoms with E-state index in [9.17, 15) is 27.0 Å². The SMILES string of the molecule is O=C(O)C(c1cccc(Br)c1)N1CC(S(=O)(=O)F)CC1=O. The van der Waals surface area contributed by atoms with Crippen molar-refractivity contribution in [3.63, 3.8) is 0 Å². The van der Waals surface area contributed by atoms with E-state index < -0.39 is 46.4 Å². The molecule has 9 heteroatoms. The summed E-state index contributed by atoms with van der Waals surface area (Å²) in [6.45, 7) is -0.471. The Morgan fingerprint density at radius 2 is 2.14 bits per heavy atom. The van der Waals surface area contributed by atoms with Crippen molar-refractivity contribution in [1.82, 2.24) is 4.90 Å². The summed E-state index contributed by atoms with van der Waals surface area (Å²) in [5, 5.41) is 7.82. The lowest BCUT2D eigenvalue weighted by Gasteiger charge is -2.24. The zero-order chi connectivity index (χ0) is 15.8. The molecule has 0 bridgehead atoms. The number of aliphatic carboxylic acids is 1. The van der Waals surface area contributed by atoms with Crippen LogP contribution in [0.15, 0.2) is 28.7 Å². The Morgan fingerprint density at radius 1 is 1.48 bits per heavy atom. The lowest BCUT2D eigenvalue weighted by molar-refractivity contribution is -0.148. The van der Waals surface area contributed by atoms with Crippen LogP contribution in [0.3, 0.4) is 0 Å². The highest BCUT2D eigenvalue weighted by atomic mass is 79.9. The van der Waals surface area contributed by atoms with Crippen LogP contribution in [-0.4, -0.2) is 42.1 Å². The maximum atomic E-state index is 13.0. The molecule has 0 radical (unpaired) electrons. The van der Waals surface area contributed by atoms with Crippen LogP contribution in [-0.2, 0) is 19.8 Å². The second-order valence-electron chi connectivity index (χ2n) is 4.64. The minimum absolute atomic E-state index is 0.308. The minimum Gasteiger partial charge on any atom is -0.479 e. The minimum atomic E-state index is -4.88. The fourth-order valence-corrected chi connectivity index (χ4v) is 3.37. The molecule has 1 saturated heterocycles. The number of hydrogen-bond donors (Lipinski definition) is 1. The molecule has 2 unspecified atom stereocenters. The van der Waals surface area contributed by atoms with Crippen molar-refractivity contribution in [1.29, 1.82) is 0 Å². The van der Waals surface area contributed by atoms with Gasteiger partial charge in [-0.1, -0.05) is 28.1 Å². The van der Waals surface area contributed by atoms with Gasteiger partial charge in [0.1, 0.15) is 5.25 Å². The van der Waals surface area contributed by atoms with Crippen molar-refractivity contribution in [2.75, 3.05) is 6.54 Å². The van der Waals surface area contributed by atoms with Gasteiger partial charge in [0.25, 0.3) is 0 Å². The van der Waals surface area contributed by atoms with Gasteiger partial charge in [0.15, 0.2) is 6.04 Å². The highest BCUT2D eigenvalue weighted by molar-refractivity contribution is 9.10. The first-order valence-electron chi connectivity index (χ1n) is 5.91. The average molecular weight is 380 g/mol. The summed E-state index contributed by atoms with van der Waals surface area (Å²) in [7, 11) is -4.88. The van der Waals surface area contributed by atoms with Gasteiger partial charge in [0.05, 0.1) is 0 Å². The van der Waals surface area contributed by atoms with Crippen molar-refractivity contribution in [2.24, 2.45) is 0 Å². The Hall–Kier alpha value is -1.48. The number of carboxylic acids is 1. The standard InChI is InChI=1S/C12H11BrFNO5S/c13-8-3-1-2-7(4-8)11(12(17)18)15-6-9(5-10(15)16)21(14,19)20/h1-4,9,11H,5-6H2,(H,17,18). The monoisotopic (exact) mass is 379 g/mol. The second-order valence-corrected chi connectivity index (χ2v) is 7.18. The molecule has 1 aromatic carbocycles. The quantitative estimate of drug-likeness (QED) is 0.799. The van der Waals surface area contributed by atoms with Crippen LogP contribution in [0.25, 0.3) is 0 Å². The number of amides is 1. The number of carbonyl (C=O) groups excluding carboxylic acids is 1. The number of nitrogens with zero attached hydrogens (tertiary/aromatic N) is 1. The van der Waals surface area contributed by atoms with E-state index in [0.29, 0.717) is 10.0 Å². The number of carboxylic acid groups (broad SMARTS) is 1. The van der Waals surface area contributed by atoms with E-state index in [0.717, 1.165) is 4.90 Å². The topological polar surface area (TPSA) is 91.8 Å². The lowest BCUT2D eigenvalue weighted by Crippen LogP contribution is -2.36. The fraction of sp³-hybridized carbons (Fsp3) is 0.333. The number of hydrogen-bond acceptors (Lipinski definition) is 4. The predicted octanol–water partition coefficient (Wildman–Crippen LogP) is 1.47. The fourth-order valence-electron chi connectivity index (χ4n) is 2.27. The molecule has 0 spiro atoms. The van der Waals surface area contributed by atoms with Gasteiger partial charge in [-0.3, -0.25) is 4.79 Å². The molecule has 1 fully saturated rings. The lowest BCUT2D eigenvalue weighted by atomic mass is 10.1. The molecule has 1 heterocycles. The summed E-state index contributed by atoms with van der Waals surface area (Å²) < 4.78 is 35.4. The van der Waals surface area contributed by atoms with Crippen LogP contribution in [0.1, 0.15) is 18.0 Å². The molecular formula is C12H11BrFNO5S. The molecule has 2 rings (SSSR count). The van der Waals surface area contributed by atoms with Crippen molar-refractivity contribution in [3.05, 3.63) is 34.3 Å². The van der Waals surface area contributed by atoms with E-state index in [2.05, 4.69) is 15.9 Å². The maximum Gasteiger partial charge on any atom is 0.331 e. The van der Waals surface area contributed by atoms with Gasteiger partial charge >= 0.3 is 16.2 Å². The number of carbonyl (C=O) groups is 2. The molecular weight excluding hydrogens is 369 g/mol. The molecule has 1 N–H and O–H groups in total. The molecule has 114 valence electrons. The molecule has 2 atom stereocenters. The van der Waals surface area contributed by atoms with Crippen LogP contribution < -0.4 is 0 Å². The second kappa shape index (κ2) is 5.72. The maximum absolute atomic E-state index is 13.0. The average Bonchev–Trinajstić information content (AvgIpc) is 2.71. The summed E-state index contributed by atoms with van der Waals surface area (Å²) in [5.74, 6) is -2.01. The first-order chi connectivity index (χ1) is 9.70. The Morgan fingerprint density at radius 3 is 2.62 bits per heavy atom. The van der Waals surface area contributed by atoms with E-state index in [1.54, 1.807) is 12.1 Å². The highest BCUT2D eigenvalue weighted by Crippen LogP contribution is 2.30. The van der Waals surface area contributed by atoms with Gasteiger partial charge in [-0.15, -0.1) is 3.89 Å². The summed E-state index contributed by atoms with van der Waals surface area (Å²) in [6.07, 6.45) is -0.545. The first kappa shape index (κ1) is 15.9. The van der Waals surface area contributed by atoms with Gasteiger partial charge in [0.2, 0.25) is 5.91 Å². The zero-order valence-corrected chi connectivity index (χ0v) is 13.0. The van der Waals surface area contributed by atoms with Crippen LogP contribution in [0.2, 0.25) is 0 Å². The van der Waals surface area contributed by atoms with Gasteiger partial charge in [-0.2, -0.15) is 8.42 Å². The van der Waals surface area contributed by atoms with Gasteiger partial charge in [-0.25, -0.2) is 4.79 Å². The third-order valence-corrected chi connectivity index (χ3v) is 4.84. The number of likely N-dealkylation sites (tertiary alicyclic amines) is 1. The van der Waals surface area contributed by atoms with E-state index in [4.69, 9.17) is 0 Å². The summed E-state index contributed by atoms with van der Waals surface area (Å²) >= 11 is 3.19. The first-order valence-corrected chi connectivity index (χ1v) is 8.15. The third-order valence-electron chi connectivity index (χ3n) is 3.23. The Bertz CT molecular complexity index is 693. The van der Waals surface area contributed by atoms with Gasteiger partial charge in [0, 0.05) is 17.4 Å². The van der Waals surface area contributed by atoms with E-state index >= 15 is 0 Å². The molecule has 1 aromatic rings. The molecule has 1 amide bonds. The molecule has 6 nitrogen and oxygen atoms in total. The third kappa shape index (κ3) is 3.41. The molecule has 0 aromatic heterocycles. The van der Waals surface area contributed by atoms with Crippen LogP contribution >= 0.6 is 15.9 Å². The largest absolute Gasteiger partial charge is 0.479 e. The number of benzene rings is 1. The molecule has 21 heavy (non-hydrogen) atoms. The van der Waals surface area contributed by atoms with Crippen molar-refractivity contribution >= 4 is 38.0 Å². The number of rotatable bonds is 4. The van der Waals surface area contributed by atoms with E-state index in [-0.39, 0.29) is 0 Å². The number of halogens is 2. The van der Waals surface area contributed by atoms with Crippen LogP contribution in [0.4, 0.5) is 3.89 Å². The zero-order valence-electron chi connectivity index (χ0n) is 10.6. The van der Waals surface area contributed by atoms with Crippen molar-refractivity contribution < 1.29 is 27.0 Å². The molecule has 1 aliphatic rings. The molecule has 0 saturated carbocycles.